The second-order valence-corrected chi connectivity index (χ2v) is 3.77. The number of halogens is 2. The maximum absolute atomic E-state index is 13.8. The van der Waals surface area contributed by atoms with Crippen molar-refractivity contribution in [1.29, 1.82) is 0 Å². The summed E-state index contributed by atoms with van der Waals surface area (Å²) in [7, 11) is 2.69. The van der Waals surface area contributed by atoms with Gasteiger partial charge in [0.25, 0.3) is 0 Å². The lowest BCUT2D eigenvalue weighted by Gasteiger charge is -2.15. The lowest BCUT2D eigenvalue weighted by Crippen LogP contribution is -2.10. The minimum absolute atomic E-state index is 0.0415. The number of methoxy groups -OCH3 is 2. The molecule has 1 atom stereocenters. The van der Waals surface area contributed by atoms with Crippen LogP contribution in [0.3, 0.4) is 0 Å². The average molecular weight is 263 g/mol. The molecule has 0 fully saturated rings. The van der Waals surface area contributed by atoms with Crippen molar-refractivity contribution in [3.8, 4) is 11.5 Å². The van der Waals surface area contributed by atoms with Crippen molar-refractivity contribution in [2.24, 2.45) is 0 Å². The van der Waals surface area contributed by atoms with Crippen molar-refractivity contribution in [2.45, 2.75) is 12.8 Å². The third-order valence-electron chi connectivity index (χ3n) is 2.42. The van der Waals surface area contributed by atoms with Crippen molar-refractivity contribution in [2.75, 3.05) is 14.2 Å². The van der Waals surface area contributed by atoms with E-state index in [1.165, 1.54) is 27.2 Å². The van der Waals surface area contributed by atoms with Crippen LogP contribution >= 0.6 is 11.6 Å². The number of hydrogen-bond donors (Lipinski definition) is 1. The van der Waals surface area contributed by atoms with Crippen molar-refractivity contribution >= 4 is 17.6 Å². The van der Waals surface area contributed by atoms with E-state index in [-0.39, 0.29) is 22.1 Å². The highest BCUT2D eigenvalue weighted by Crippen LogP contribution is 2.40. The van der Waals surface area contributed by atoms with Crippen molar-refractivity contribution in [1.82, 2.24) is 0 Å². The molecule has 0 heterocycles. The molecule has 0 saturated heterocycles. The maximum Gasteiger partial charge on any atom is 0.310 e. The van der Waals surface area contributed by atoms with Gasteiger partial charge in [-0.25, -0.2) is 4.39 Å². The third kappa shape index (κ3) is 2.44. The maximum atomic E-state index is 13.8. The summed E-state index contributed by atoms with van der Waals surface area (Å²) in [5.41, 5.74) is -0.0415. The SMILES string of the molecule is COc1cc(C(C)C(=O)O)c(F)c(Cl)c1OC. The zero-order valence-corrected chi connectivity index (χ0v) is 10.3. The van der Waals surface area contributed by atoms with Gasteiger partial charge >= 0.3 is 5.97 Å². The van der Waals surface area contributed by atoms with Gasteiger partial charge in [0.15, 0.2) is 11.5 Å². The van der Waals surface area contributed by atoms with Crippen LogP contribution in [0.4, 0.5) is 4.39 Å². The van der Waals surface area contributed by atoms with Gasteiger partial charge in [0, 0.05) is 5.56 Å². The Bertz CT molecular complexity index is 448. The molecule has 1 N–H and O–H groups in total. The zero-order valence-electron chi connectivity index (χ0n) is 9.58. The molecule has 6 heteroatoms. The number of benzene rings is 1. The van der Waals surface area contributed by atoms with Gasteiger partial charge in [0.05, 0.1) is 20.1 Å². The molecular formula is C11H12ClFO4. The van der Waals surface area contributed by atoms with E-state index in [0.29, 0.717) is 0 Å². The van der Waals surface area contributed by atoms with Gasteiger partial charge in [0.2, 0.25) is 0 Å². The molecule has 0 bridgehead atoms. The summed E-state index contributed by atoms with van der Waals surface area (Å²) in [6.07, 6.45) is 0. The summed E-state index contributed by atoms with van der Waals surface area (Å²) in [5.74, 6) is -2.73. The van der Waals surface area contributed by atoms with Gasteiger partial charge in [-0.3, -0.25) is 4.79 Å². The Balaban J connectivity index is 3.44. The highest BCUT2D eigenvalue weighted by atomic mass is 35.5. The third-order valence-corrected chi connectivity index (χ3v) is 2.75. The van der Waals surface area contributed by atoms with Crippen molar-refractivity contribution in [3.05, 3.63) is 22.5 Å². The first kappa shape index (κ1) is 13.6. The summed E-state index contributed by atoms with van der Waals surface area (Å²) < 4.78 is 23.7. The molecule has 1 aromatic carbocycles. The van der Waals surface area contributed by atoms with Crippen LogP contribution in [0.25, 0.3) is 0 Å². The lowest BCUT2D eigenvalue weighted by atomic mass is 10.00. The number of ether oxygens (including phenoxy) is 2. The molecule has 0 aliphatic rings. The molecule has 0 radical (unpaired) electrons. The molecule has 0 aliphatic heterocycles. The van der Waals surface area contributed by atoms with E-state index in [0.717, 1.165) is 0 Å². The van der Waals surface area contributed by atoms with Crippen molar-refractivity contribution in [3.63, 3.8) is 0 Å². The molecule has 1 rings (SSSR count). The molecular weight excluding hydrogens is 251 g/mol. The second-order valence-electron chi connectivity index (χ2n) is 3.39. The molecule has 0 aromatic heterocycles. The van der Waals surface area contributed by atoms with E-state index in [4.69, 9.17) is 26.2 Å². The average Bonchev–Trinajstić information content (AvgIpc) is 2.31. The fraction of sp³-hybridized carbons (Fsp3) is 0.364. The van der Waals surface area contributed by atoms with Crippen LogP contribution < -0.4 is 9.47 Å². The van der Waals surface area contributed by atoms with Crippen LogP contribution in [0, 0.1) is 5.82 Å². The predicted octanol–water partition coefficient (Wildman–Crippen LogP) is 2.68. The topological polar surface area (TPSA) is 55.8 Å². The standard InChI is InChI=1S/C11H12ClFO4/c1-5(11(14)15)6-4-7(16-2)10(17-3)8(12)9(6)13/h4-5H,1-3H3,(H,14,15). The molecule has 1 unspecified atom stereocenters. The minimum atomic E-state index is -1.15. The highest BCUT2D eigenvalue weighted by molar-refractivity contribution is 6.32. The summed E-state index contributed by atoms with van der Waals surface area (Å²) in [5, 5.41) is 8.58. The lowest BCUT2D eigenvalue weighted by molar-refractivity contribution is -0.138. The largest absolute Gasteiger partial charge is 0.493 e. The van der Waals surface area contributed by atoms with Crippen molar-refractivity contribution < 1.29 is 23.8 Å². The number of hydrogen-bond acceptors (Lipinski definition) is 3. The summed E-state index contributed by atoms with van der Waals surface area (Å²) in [6, 6.07) is 1.28. The number of rotatable bonds is 4. The molecule has 0 saturated carbocycles. The second kappa shape index (κ2) is 5.23. The van der Waals surface area contributed by atoms with Crippen LogP contribution in [-0.4, -0.2) is 25.3 Å². The number of carboxylic acid groups (broad SMARTS) is 1. The van der Waals surface area contributed by atoms with Crippen LogP contribution in [0.2, 0.25) is 5.02 Å². The van der Waals surface area contributed by atoms with E-state index < -0.39 is 17.7 Å². The monoisotopic (exact) mass is 262 g/mol. The predicted molar refractivity (Wildman–Crippen MR) is 60.6 cm³/mol. The van der Waals surface area contributed by atoms with Gasteiger partial charge < -0.3 is 14.6 Å². The van der Waals surface area contributed by atoms with Gasteiger partial charge in [-0.15, -0.1) is 0 Å². The van der Waals surface area contributed by atoms with E-state index in [1.807, 2.05) is 0 Å². The van der Waals surface area contributed by atoms with Gasteiger partial charge in [0.1, 0.15) is 10.8 Å². The molecule has 4 nitrogen and oxygen atoms in total. The van der Waals surface area contributed by atoms with E-state index >= 15 is 0 Å². The van der Waals surface area contributed by atoms with E-state index in [1.54, 1.807) is 0 Å². The Hall–Kier alpha value is -1.49. The highest BCUT2D eigenvalue weighted by Gasteiger charge is 2.24. The van der Waals surface area contributed by atoms with Gasteiger partial charge in [-0.2, -0.15) is 0 Å². The normalized spacial score (nSPS) is 12.1. The summed E-state index contributed by atoms with van der Waals surface area (Å²) >= 11 is 5.76. The molecule has 17 heavy (non-hydrogen) atoms. The van der Waals surface area contributed by atoms with Crippen LogP contribution in [0.1, 0.15) is 18.4 Å². The van der Waals surface area contributed by atoms with E-state index in [2.05, 4.69) is 0 Å². The minimum Gasteiger partial charge on any atom is -0.493 e. The Kier molecular flexibility index (Phi) is 4.17. The number of aliphatic carboxylic acids is 1. The van der Waals surface area contributed by atoms with E-state index in [9.17, 15) is 9.18 Å². The van der Waals surface area contributed by atoms with Crippen LogP contribution in [0.5, 0.6) is 11.5 Å². The Morgan fingerprint density at radius 1 is 1.47 bits per heavy atom. The van der Waals surface area contributed by atoms with Crippen LogP contribution in [0.15, 0.2) is 6.07 Å². The van der Waals surface area contributed by atoms with Crippen LogP contribution in [-0.2, 0) is 4.79 Å². The first-order valence-corrected chi connectivity index (χ1v) is 5.14. The first-order valence-electron chi connectivity index (χ1n) is 4.76. The molecule has 94 valence electrons. The summed E-state index contributed by atoms with van der Waals surface area (Å²) in [6.45, 7) is 1.36. The Morgan fingerprint density at radius 3 is 2.47 bits per heavy atom. The Labute approximate surface area is 103 Å². The molecule has 0 amide bonds. The Morgan fingerprint density at radius 2 is 2.06 bits per heavy atom. The smallest absolute Gasteiger partial charge is 0.310 e. The quantitative estimate of drug-likeness (QED) is 0.906. The summed E-state index contributed by atoms with van der Waals surface area (Å²) in [4.78, 5) is 10.8. The number of carboxylic acids is 1. The zero-order chi connectivity index (χ0) is 13.2. The fourth-order valence-electron chi connectivity index (χ4n) is 1.39. The van der Waals surface area contributed by atoms with Gasteiger partial charge in [-0.1, -0.05) is 11.6 Å². The number of carbonyl (C=O) groups is 1. The van der Waals surface area contributed by atoms with Gasteiger partial charge in [-0.05, 0) is 13.0 Å². The molecule has 0 aliphatic carbocycles. The fourth-order valence-corrected chi connectivity index (χ4v) is 1.67. The first-order chi connectivity index (χ1) is 7.93. The molecule has 1 aromatic rings. The molecule has 0 spiro atoms.